The van der Waals surface area contributed by atoms with Gasteiger partial charge >= 0.3 is 0 Å². The lowest BCUT2D eigenvalue weighted by Gasteiger charge is -2.12. The van der Waals surface area contributed by atoms with Gasteiger partial charge < -0.3 is 16.2 Å². The summed E-state index contributed by atoms with van der Waals surface area (Å²) in [7, 11) is 0. The molecule has 0 aromatic heterocycles. The first-order valence-electron chi connectivity index (χ1n) is 4.56. The molecule has 0 fully saturated rings. The average molecular weight is 216 g/mol. The van der Waals surface area contributed by atoms with Crippen LogP contribution in [0.15, 0.2) is 18.2 Å². The zero-order chi connectivity index (χ0) is 11.4. The molecule has 0 aliphatic heterocycles. The number of aliphatic hydroxyl groups is 1. The maximum Gasteiger partial charge on any atom is 0.265 e. The van der Waals surface area contributed by atoms with Gasteiger partial charge in [-0.3, -0.25) is 0 Å². The van der Waals surface area contributed by atoms with Gasteiger partial charge in [-0.25, -0.2) is 8.78 Å². The number of aliphatic hydroxyl groups excluding tert-OH is 1. The summed E-state index contributed by atoms with van der Waals surface area (Å²) in [6, 6.07) is 5.18. The smallest absolute Gasteiger partial charge is 0.265 e. The molecule has 1 rings (SSSR count). The Kier molecular flexibility index (Phi) is 3.85. The van der Waals surface area contributed by atoms with Crippen LogP contribution in [0.5, 0.6) is 0 Å². The quantitative estimate of drug-likeness (QED) is 0.670. The van der Waals surface area contributed by atoms with Crippen molar-refractivity contribution in [2.45, 2.75) is 19.5 Å². The maximum atomic E-state index is 12.0. The first-order chi connectivity index (χ1) is 6.99. The number of alkyl halides is 2. The van der Waals surface area contributed by atoms with Crippen molar-refractivity contribution < 1.29 is 13.9 Å². The summed E-state index contributed by atoms with van der Waals surface area (Å²) in [6.45, 7) is 1.66. The summed E-state index contributed by atoms with van der Waals surface area (Å²) in [6.07, 6.45) is -4.40. The molecule has 3 nitrogen and oxygen atoms in total. The molecule has 0 saturated heterocycles. The van der Waals surface area contributed by atoms with E-state index in [0.29, 0.717) is 11.4 Å². The van der Waals surface area contributed by atoms with Gasteiger partial charge in [0.2, 0.25) is 0 Å². The maximum absolute atomic E-state index is 12.0. The number of hydrogen-bond acceptors (Lipinski definition) is 3. The van der Waals surface area contributed by atoms with E-state index in [9.17, 15) is 8.78 Å². The monoisotopic (exact) mass is 216 g/mol. The van der Waals surface area contributed by atoms with Gasteiger partial charge in [0.15, 0.2) is 0 Å². The molecule has 0 saturated carbocycles. The Morgan fingerprint density at radius 2 is 2.07 bits per heavy atom. The third-order valence-electron chi connectivity index (χ3n) is 1.91. The Morgan fingerprint density at radius 1 is 1.40 bits per heavy atom. The van der Waals surface area contributed by atoms with Crippen molar-refractivity contribution in [1.82, 2.24) is 0 Å². The number of benzene rings is 1. The lowest BCUT2D eigenvalue weighted by molar-refractivity contribution is 0.00385. The minimum atomic E-state index is -2.74. The summed E-state index contributed by atoms with van der Waals surface area (Å²) in [5.74, 6) is 0. The molecule has 0 spiro atoms. The van der Waals surface area contributed by atoms with E-state index in [0.717, 1.165) is 5.56 Å². The average Bonchev–Trinajstić information content (AvgIpc) is 2.12. The van der Waals surface area contributed by atoms with Crippen LogP contribution >= 0.6 is 0 Å². The molecule has 1 aromatic carbocycles. The fourth-order valence-corrected chi connectivity index (χ4v) is 1.23. The minimum Gasteiger partial charge on any atom is -0.399 e. The largest absolute Gasteiger partial charge is 0.399 e. The van der Waals surface area contributed by atoms with Gasteiger partial charge in [0.25, 0.3) is 6.43 Å². The third-order valence-corrected chi connectivity index (χ3v) is 1.91. The predicted molar refractivity (Wildman–Crippen MR) is 56.1 cm³/mol. The molecule has 1 unspecified atom stereocenters. The highest BCUT2D eigenvalue weighted by Gasteiger charge is 2.15. The molecular weight excluding hydrogens is 202 g/mol. The summed E-state index contributed by atoms with van der Waals surface area (Å²) >= 11 is 0. The highest BCUT2D eigenvalue weighted by molar-refractivity contribution is 5.56. The highest BCUT2D eigenvalue weighted by Crippen LogP contribution is 2.16. The fraction of sp³-hybridized carbons (Fsp3) is 0.400. The lowest BCUT2D eigenvalue weighted by atomic mass is 10.2. The molecule has 4 N–H and O–H groups in total. The number of nitrogens with one attached hydrogen (secondary N) is 1. The van der Waals surface area contributed by atoms with E-state index >= 15 is 0 Å². The zero-order valence-corrected chi connectivity index (χ0v) is 8.37. The van der Waals surface area contributed by atoms with Gasteiger partial charge in [0.1, 0.15) is 6.10 Å². The summed E-state index contributed by atoms with van der Waals surface area (Å²) in [5.41, 5.74) is 7.70. The second-order valence-electron chi connectivity index (χ2n) is 3.42. The minimum absolute atomic E-state index is 0.194. The molecule has 0 bridgehead atoms. The van der Waals surface area contributed by atoms with E-state index in [1.54, 1.807) is 18.2 Å². The van der Waals surface area contributed by atoms with Crippen LogP contribution < -0.4 is 11.1 Å². The summed E-state index contributed by atoms with van der Waals surface area (Å²) in [5, 5.41) is 11.6. The second-order valence-corrected chi connectivity index (χ2v) is 3.42. The van der Waals surface area contributed by atoms with Crippen LogP contribution in [-0.2, 0) is 0 Å². The van der Waals surface area contributed by atoms with Crippen molar-refractivity contribution in [3.8, 4) is 0 Å². The van der Waals surface area contributed by atoms with Gasteiger partial charge in [-0.2, -0.15) is 0 Å². The Bertz CT molecular complexity index is 311. The fourth-order valence-electron chi connectivity index (χ4n) is 1.23. The molecule has 15 heavy (non-hydrogen) atoms. The van der Waals surface area contributed by atoms with Crippen LogP contribution in [0, 0.1) is 6.92 Å². The first kappa shape index (κ1) is 11.7. The van der Waals surface area contributed by atoms with Crippen LogP contribution in [0.3, 0.4) is 0 Å². The number of nitrogen functional groups attached to an aromatic ring is 1. The molecule has 0 amide bonds. The van der Waals surface area contributed by atoms with Gasteiger partial charge in [0, 0.05) is 17.9 Å². The second kappa shape index (κ2) is 4.93. The van der Waals surface area contributed by atoms with Crippen LogP contribution in [-0.4, -0.2) is 24.2 Å². The standard InChI is InChI=1S/C10H14F2N2O/c1-6-2-7(13)4-8(3-6)14-5-9(15)10(11)12/h2-4,9-10,14-15H,5,13H2,1H3. The highest BCUT2D eigenvalue weighted by atomic mass is 19.3. The topological polar surface area (TPSA) is 58.3 Å². The van der Waals surface area contributed by atoms with Crippen LogP contribution in [0.2, 0.25) is 0 Å². The number of anilines is 2. The van der Waals surface area contributed by atoms with Crippen LogP contribution in [0.1, 0.15) is 5.56 Å². The van der Waals surface area contributed by atoms with Crippen molar-refractivity contribution in [2.75, 3.05) is 17.6 Å². The first-order valence-corrected chi connectivity index (χ1v) is 4.56. The van der Waals surface area contributed by atoms with Gasteiger partial charge in [-0.05, 0) is 30.7 Å². The summed E-state index contributed by atoms with van der Waals surface area (Å²) < 4.78 is 23.9. The Morgan fingerprint density at radius 3 is 2.60 bits per heavy atom. The van der Waals surface area contributed by atoms with E-state index in [-0.39, 0.29) is 6.54 Å². The Labute approximate surface area is 86.9 Å². The summed E-state index contributed by atoms with van der Waals surface area (Å²) in [4.78, 5) is 0. The van der Waals surface area contributed by atoms with Crippen molar-refractivity contribution in [3.63, 3.8) is 0 Å². The third kappa shape index (κ3) is 3.71. The van der Waals surface area contributed by atoms with E-state index < -0.39 is 12.5 Å². The Balaban J connectivity index is 2.57. The van der Waals surface area contributed by atoms with Gasteiger partial charge in [0.05, 0.1) is 0 Å². The number of hydrogen-bond donors (Lipinski definition) is 3. The van der Waals surface area contributed by atoms with Gasteiger partial charge in [-0.1, -0.05) is 0 Å². The van der Waals surface area contributed by atoms with Crippen LogP contribution in [0.25, 0.3) is 0 Å². The molecular formula is C10H14F2N2O. The molecule has 5 heteroatoms. The molecule has 0 aliphatic carbocycles. The van der Waals surface area contributed by atoms with Crippen LogP contribution in [0.4, 0.5) is 20.2 Å². The molecule has 0 heterocycles. The normalized spacial score (nSPS) is 12.9. The van der Waals surface area contributed by atoms with Crippen molar-refractivity contribution in [3.05, 3.63) is 23.8 Å². The SMILES string of the molecule is Cc1cc(N)cc(NCC(O)C(F)F)c1. The number of nitrogens with two attached hydrogens (primary N) is 1. The van der Waals surface area contributed by atoms with Crippen molar-refractivity contribution in [1.29, 1.82) is 0 Å². The number of aryl methyl sites for hydroxylation is 1. The molecule has 1 aromatic rings. The zero-order valence-electron chi connectivity index (χ0n) is 8.37. The van der Waals surface area contributed by atoms with E-state index in [4.69, 9.17) is 10.8 Å². The molecule has 84 valence electrons. The van der Waals surface area contributed by atoms with Gasteiger partial charge in [-0.15, -0.1) is 0 Å². The molecule has 1 atom stereocenters. The van der Waals surface area contributed by atoms with E-state index in [1.807, 2.05) is 6.92 Å². The molecule has 0 radical (unpaired) electrons. The lowest BCUT2D eigenvalue weighted by Crippen LogP contribution is -2.26. The number of halogens is 2. The predicted octanol–water partition coefficient (Wildman–Crippen LogP) is 1.62. The number of rotatable bonds is 4. The van der Waals surface area contributed by atoms with E-state index in [1.165, 1.54) is 0 Å². The van der Waals surface area contributed by atoms with E-state index in [2.05, 4.69) is 5.32 Å². The Hall–Kier alpha value is -1.36. The van der Waals surface area contributed by atoms with Crippen molar-refractivity contribution >= 4 is 11.4 Å². The molecule has 0 aliphatic rings. The van der Waals surface area contributed by atoms with Crippen molar-refractivity contribution in [2.24, 2.45) is 0 Å².